The summed E-state index contributed by atoms with van der Waals surface area (Å²) in [5.41, 5.74) is 6.33. The third kappa shape index (κ3) is 2.13. The summed E-state index contributed by atoms with van der Waals surface area (Å²) in [6.07, 6.45) is 1.38. The zero-order valence-corrected chi connectivity index (χ0v) is 9.91. The Hall–Kier alpha value is -2.11. The minimum absolute atomic E-state index is 0.0885. The average Bonchev–Trinajstić information content (AvgIpc) is 2.73. The van der Waals surface area contributed by atoms with Crippen LogP contribution in [0.2, 0.25) is 0 Å². The van der Waals surface area contributed by atoms with Crippen LogP contribution in [0.3, 0.4) is 0 Å². The smallest absolute Gasteiger partial charge is 0.274 e. The van der Waals surface area contributed by atoms with E-state index in [9.17, 15) is 8.78 Å². The molecule has 1 aromatic heterocycles. The molecule has 96 valence electrons. The number of alkyl halides is 2. The maximum atomic E-state index is 13.5. The van der Waals surface area contributed by atoms with Crippen LogP contribution in [0.1, 0.15) is 12.5 Å². The fourth-order valence-electron chi connectivity index (χ4n) is 1.68. The number of anilines is 1. The maximum Gasteiger partial charge on any atom is 0.274 e. The number of hydrogen-bond acceptors (Lipinski definition) is 4. The molecule has 0 atom stereocenters. The standard InChI is InChI=1S/C12H12F2N2O2/c1-12(13,14)9-5-7(3-4-10(9)17-2)8-6-16-18-11(8)15/h3-6H,15H2,1-2H3. The van der Waals surface area contributed by atoms with E-state index >= 15 is 0 Å². The average molecular weight is 254 g/mol. The van der Waals surface area contributed by atoms with Crippen molar-refractivity contribution in [2.45, 2.75) is 12.8 Å². The highest BCUT2D eigenvalue weighted by molar-refractivity contribution is 5.73. The molecule has 0 aliphatic carbocycles. The molecule has 0 saturated heterocycles. The van der Waals surface area contributed by atoms with Gasteiger partial charge in [-0.05, 0) is 17.7 Å². The molecule has 1 heterocycles. The molecule has 0 spiro atoms. The molecule has 2 aromatic rings. The van der Waals surface area contributed by atoms with Crippen LogP contribution in [0, 0.1) is 0 Å². The van der Waals surface area contributed by atoms with Crippen molar-refractivity contribution in [2.75, 3.05) is 12.8 Å². The SMILES string of the molecule is COc1ccc(-c2cnoc2N)cc1C(C)(F)F. The highest BCUT2D eigenvalue weighted by atomic mass is 19.3. The second-order valence-electron chi connectivity index (χ2n) is 3.91. The quantitative estimate of drug-likeness (QED) is 0.914. The molecule has 2 N–H and O–H groups in total. The van der Waals surface area contributed by atoms with E-state index in [1.165, 1.54) is 25.4 Å². The predicted molar refractivity (Wildman–Crippen MR) is 62.5 cm³/mol. The van der Waals surface area contributed by atoms with Gasteiger partial charge in [0.1, 0.15) is 5.75 Å². The molecule has 4 nitrogen and oxygen atoms in total. The second-order valence-corrected chi connectivity index (χ2v) is 3.91. The first-order valence-corrected chi connectivity index (χ1v) is 5.20. The van der Waals surface area contributed by atoms with Gasteiger partial charge in [-0.2, -0.15) is 0 Å². The third-order valence-corrected chi connectivity index (χ3v) is 2.58. The summed E-state index contributed by atoms with van der Waals surface area (Å²) in [7, 11) is 1.35. The van der Waals surface area contributed by atoms with Gasteiger partial charge in [-0.25, -0.2) is 8.78 Å². The van der Waals surface area contributed by atoms with Crippen LogP contribution in [0.25, 0.3) is 11.1 Å². The first kappa shape index (κ1) is 12.3. The number of ether oxygens (including phenoxy) is 1. The van der Waals surface area contributed by atoms with Crippen LogP contribution >= 0.6 is 0 Å². The lowest BCUT2D eigenvalue weighted by Gasteiger charge is -2.15. The summed E-state index contributed by atoms with van der Waals surface area (Å²) in [5, 5.41) is 3.51. The Morgan fingerprint density at radius 1 is 1.39 bits per heavy atom. The summed E-state index contributed by atoms with van der Waals surface area (Å²) >= 11 is 0. The lowest BCUT2D eigenvalue weighted by atomic mass is 10.0. The minimum atomic E-state index is -3.01. The molecular formula is C12H12F2N2O2. The molecule has 0 fully saturated rings. The Kier molecular flexibility index (Phi) is 2.94. The van der Waals surface area contributed by atoms with Crippen molar-refractivity contribution >= 4 is 5.88 Å². The number of methoxy groups -OCH3 is 1. The van der Waals surface area contributed by atoms with E-state index in [2.05, 4.69) is 5.16 Å². The van der Waals surface area contributed by atoms with Crippen molar-refractivity contribution in [1.82, 2.24) is 5.16 Å². The molecule has 0 aliphatic heterocycles. The maximum absolute atomic E-state index is 13.5. The normalized spacial score (nSPS) is 11.6. The fourth-order valence-corrected chi connectivity index (χ4v) is 1.68. The summed E-state index contributed by atoms with van der Waals surface area (Å²) in [5.74, 6) is -2.79. The first-order chi connectivity index (χ1) is 8.43. The highest BCUT2D eigenvalue weighted by Crippen LogP contribution is 2.38. The number of rotatable bonds is 3. The molecule has 0 unspecified atom stereocenters. The first-order valence-electron chi connectivity index (χ1n) is 5.20. The van der Waals surface area contributed by atoms with Crippen molar-refractivity contribution in [1.29, 1.82) is 0 Å². The van der Waals surface area contributed by atoms with Crippen LogP contribution < -0.4 is 10.5 Å². The third-order valence-electron chi connectivity index (χ3n) is 2.58. The van der Waals surface area contributed by atoms with Crippen molar-refractivity contribution in [2.24, 2.45) is 0 Å². The molecule has 0 bridgehead atoms. The van der Waals surface area contributed by atoms with Gasteiger partial charge in [0.2, 0.25) is 5.88 Å². The molecule has 0 amide bonds. The van der Waals surface area contributed by atoms with E-state index in [0.29, 0.717) is 11.1 Å². The predicted octanol–water partition coefficient (Wildman–Crippen LogP) is 3.04. The van der Waals surface area contributed by atoms with E-state index in [0.717, 1.165) is 6.92 Å². The van der Waals surface area contributed by atoms with Gasteiger partial charge in [0.25, 0.3) is 5.92 Å². The summed E-state index contributed by atoms with van der Waals surface area (Å²) in [6, 6.07) is 4.41. The van der Waals surface area contributed by atoms with Crippen molar-refractivity contribution in [3.8, 4) is 16.9 Å². The zero-order chi connectivity index (χ0) is 13.3. The van der Waals surface area contributed by atoms with E-state index in [1.54, 1.807) is 6.07 Å². The fraction of sp³-hybridized carbons (Fsp3) is 0.250. The molecule has 18 heavy (non-hydrogen) atoms. The van der Waals surface area contributed by atoms with Crippen molar-refractivity contribution in [3.63, 3.8) is 0 Å². The Morgan fingerprint density at radius 3 is 2.61 bits per heavy atom. The number of nitrogens with two attached hydrogens (primary N) is 1. The van der Waals surface area contributed by atoms with Crippen LogP contribution in [-0.2, 0) is 5.92 Å². The van der Waals surface area contributed by atoms with Crippen LogP contribution in [0.5, 0.6) is 5.75 Å². The van der Waals surface area contributed by atoms with E-state index in [1.807, 2.05) is 0 Å². The van der Waals surface area contributed by atoms with Gasteiger partial charge in [-0.3, -0.25) is 0 Å². The van der Waals surface area contributed by atoms with Gasteiger partial charge in [0.05, 0.1) is 24.4 Å². The number of nitrogens with zero attached hydrogens (tertiary/aromatic N) is 1. The molecule has 1 aromatic carbocycles. The van der Waals surface area contributed by atoms with E-state index in [4.69, 9.17) is 15.0 Å². The Morgan fingerprint density at radius 2 is 2.11 bits per heavy atom. The molecular weight excluding hydrogens is 242 g/mol. The summed E-state index contributed by atoms with van der Waals surface area (Å²) < 4.78 is 36.6. The number of aromatic nitrogens is 1. The zero-order valence-electron chi connectivity index (χ0n) is 9.91. The number of halogens is 2. The van der Waals surface area contributed by atoms with Crippen molar-refractivity contribution in [3.05, 3.63) is 30.0 Å². The van der Waals surface area contributed by atoms with Gasteiger partial charge >= 0.3 is 0 Å². The number of hydrogen-bond donors (Lipinski definition) is 1. The molecule has 0 saturated carbocycles. The lowest BCUT2D eigenvalue weighted by molar-refractivity contribution is 0.0151. The molecule has 2 rings (SSSR count). The van der Waals surface area contributed by atoms with E-state index < -0.39 is 5.92 Å². The Labute approximate surface area is 102 Å². The minimum Gasteiger partial charge on any atom is -0.496 e. The van der Waals surface area contributed by atoms with Crippen LogP contribution in [0.4, 0.5) is 14.7 Å². The van der Waals surface area contributed by atoms with Gasteiger partial charge in [0, 0.05) is 6.92 Å². The summed E-state index contributed by atoms with van der Waals surface area (Å²) in [4.78, 5) is 0. The topological polar surface area (TPSA) is 61.3 Å². The number of benzene rings is 1. The molecule has 6 heteroatoms. The van der Waals surface area contributed by atoms with E-state index in [-0.39, 0.29) is 17.2 Å². The highest BCUT2D eigenvalue weighted by Gasteiger charge is 2.29. The van der Waals surface area contributed by atoms with Crippen LogP contribution in [-0.4, -0.2) is 12.3 Å². The Balaban J connectivity index is 2.57. The Bertz CT molecular complexity index is 561. The van der Waals surface area contributed by atoms with Gasteiger partial charge in [0.15, 0.2) is 0 Å². The monoisotopic (exact) mass is 254 g/mol. The molecule has 0 radical (unpaired) electrons. The lowest BCUT2D eigenvalue weighted by Crippen LogP contribution is -2.09. The van der Waals surface area contributed by atoms with Gasteiger partial charge in [-0.15, -0.1) is 0 Å². The largest absolute Gasteiger partial charge is 0.496 e. The molecule has 0 aliphatic rings. The van der Waals surface area contributed by atoms with Gasteiger partial charge < -0.3 is 15.0 Å². The van der Waals surface area contributed by atoms with Gasteiger partial charge in [-0.1, -0.05) is 11.2 Å². The summed E-state index contributed by atoms with van der Waals surface area (Å²) in [6.45, 7) is 0.811. The second kappa shape index (κ2) is 4.29. The van der Waals surface area contributed by atoms with Crippen molar-refractivity contribution < 1.29 is 18.0 Å². The van der Waals surface area contributed by atoms with Crippen LogP contribution in [0.15, 0.2) is 28.9 Å². The number of nitrogen functional groups attached to an aromatic ring is 1.